The summed E-state index contributed by atoms with van der Waals surface area (Å²) in [7, 11) is 1.52. The molecule has 2 N–H and O–H groups in total. The SMILES string of the molecule is COC1CC(C(=O)Nc2ccc3c(c2)CCN(C(=O)C(F)(F)F)CC3)N(C(=O)Nc2ccc(Br)cc2)C1. The van der Waals surface area contributed by atoms with Gasteiger partial charge in [0, 0.05) is 49.0 Å². The molecule has 0 saturated carbocycles. The number of methoxy groups -OCH3 is 1. The molecule has 2 aliphatic rings. The number of hydrogen-bond donors (Lipinski definition) is 2. The van der Waals surface area contributed by atoms with Crippen LogP contribution in [-0.4, -0.2) is 72.7 Å². The number of urea groups is 1. The second-order valence-electron chi connectivity index (χ2n) is 8.96. The molecule has 2 unspecified atom stereocenters. The van der Waals surface area contributed by atoms with E-state index in [0.29, 0.717) is 17.8 Å². The number of carbonyl (C=O) groups excluding carboxylic acids is 3. The smallest absolute Gasteiger partial charge is 0.380 e. The topological polar surface area (TPSA) is 91.0 Å². The van der Waals surface area contributed by atoms with Crippen LogP contribution in [0.5, 0.6) is 0 Å². The van der Waals surface area contributed by atoms with Gasteiger partial charge in [0.15, 0.2) is 0 Å². The number of nitrogens with zero attached hydrogens (tertiary/aromatic N) is 2. The Hall–Kier alpha value is -3.12. The molecule has 0 radical (unpaired) electrons. The summed E-state index contributed by atoms with van der Waals surface area (Å²) in [6.45, 7) is 0.148. The summed E-state index contributed by atoms with van der Waals surface area (Å²) in [5.41, 5.74) is 2.64. The highest BCUT2D eigenvalue weighted by atomic mass is 79.9. The number of amides is 4. The number of fused-ring (bicyclic) bond motifs is 1. The van der Waals surface area contributed by atoms with Gasteiger partial charge in [0.05, 0.1) is 6.10 Å². The number of carbonyl (C=O) groups is 3. The first-order chi connectivity index (χ1) is 17.5. The Labute approximate surface area is 220 Å². The summed E-state index contributed by atoms with van der Waals surface area (Å²) < 4.78 is 44.8. The Morgan fingerprint density at radius 3 is 2.27 bits per heavy atom. The number of rotatable bonds is 4. The number of anilines is 2. The van der Waals surface area contributed by atoms with E-state index in [0.717, 1.165) is 20.5 Å². The second-order valence-corrected chi connectivity index (χ2v) is 9.88. The number of alkyl halides is 3. The summed E-state index contributed by atoms with van der Waals surface area (Å²) in [6, 6.07) is 11.0. The first-order valence-electron chi connectivity index (χ1n) is 11.7. The molecular formula is C25H26BrF3N4O4. The number of ether oxygens (including phenoxy) is 1. The van der Waals surface area contributed by atoms with E-state index in [1.165, 1.54) is 12.0 Å². The summed E-state index contributed by atoms with van der Waals surface area (Å²) in [5, 5.41) is 5.63. The maximum atomic E-state index is 13.2. The number of halogens is 4. The molecule has 0 aliphatic carbocycles. The van der Waals surface area contributed by atoms with Crippen molar-refractivity contribution in [1.29, 1.82) is 0 Å². The van der Waals surface area contributed by atoms with Gasteiger partial charge >= 0.3 is 18.1 Å². The van der Waals surface area contributed by atoms with Gasteiger partial charge in [-0.2, -0.15) is 13.2 Å². The lowest BCUT2D eigenvalue weighted by molar-refractivity contribution is -0.185. The van der Waals surface area contributed by atoms with Gasteiger partial charge in [-0.05, 0) is 60.4 Å². The lowest BCUT2D eigenvalue weighted by Gasteiger charge is -2.24. The molecule has 2 heterocycles. The van der Waals surface area contributed by atoms with Gasteiger partial charge in [-0.1, -0.05) is 22.0 Å². The molecule has 2 aromatic rings. The molecule has 37 heavy (non-hydrogen) atoms. The molecule has 0 bridgehead atoms. The van der Waals surface area contributed by atoms with Crippen LogP contribution < -0.4 is 10.6 Å². The molecule has 4 amide bonds. The molecule has 8 nitrogen and oxygen atoms in total. The minimum absolute atomic E-state index is 0.0278. The zero-order chi connectivity index (χ0) is 26.7. The van der Waals surface area contributed by atoms with Crippen molar-refractivity contribution in [2.24, 2.45) is 0 Å². The van der Waals surface area contributed by atoms with Crippen LogP contribution in [0.2, 0.25) is 0 Å². The fraction of sp³-hybridized carbons (Fsp3) is 0.400. The quantitative estimate of drug-likeness (QED) is 0.565. The van der Waals surface area contributed by atoms with E-state index in [9.17, 15) is 27.6 Å². The van der Waals surface area contributed by atoms with Crippen molar-refractivity contribution in [3.05, 3.63) is 58.1 Å². The van der Waals surface area contributed by atoms with Crippen molar-refractivity contribution in [1.82, 2.24) is 9.80 Å². The van der Waals surface area contributed by atoms with E-state index in [1.54, 1.807) is 42.5 Å². The number of benzene rings is 2. The minimum atomic E-state index is -4.91. The van der Waals surface area contributed by atoms with Gasteiger partial charge in [0.1, 0.15) is 6.04 Å². The van der Waals surface area contributed by atoms with Crippen molar-refractivity contribution >= 4 is 45.2 Å². The Kier molecular flexibility index (Phi) is 8.08. The van der Waals surface area contributed by atoms with Gasteiger partial charge in [-0.3, -0.25) is 9.59 Å². The first-order valence-corrected chi connectivity index (χ1v) is 12.5. The third-order valence-electron chi connectivity index (χ3n) is 6.56. The molecule has 0 aromatic heterocycles. The van der Waals surface area contributed by atoms with Gasteiger partial charge in [-0.15, -0.1) is 0 Å². The first kappa shape index (κ1) is 26.9. The Bertz CT molecular complexity index is 1180. The van der Waals surface area contributed by atoms with Gasteiger partial charge in [-0.25, -0.2) is 4.79 Å². The van der Waals surface area contributed by atoms with Crippen molar-refractivity contribution in [2.45, 2.75) is 37.6 Å². The van der Waals surface area contributed by atoms with E-state index >= 15 is 0 Å². The highest BCUT2D eigenvalue weighted by Crippen LogP contribution is 2.26. The number of likely N-dealkylation sites (tertiary alicyclic amines) is 1. The molecule has 2 atom stereocenters. The largest absolute Gasteiger partial charge is 0.471 e. The second kappa shape index (κ2) is 11.1. The Morgan fingerprint density at radius 2 is 1.62 bits per heavy atom. The molecule has 198 valence electrons. The zero-order valence-electron chi connectivity index (χ0n) is 20.0. The Balaban J connectivity index is 1.43. The normalized spacial score (nSPS) is 19.7. The van der Waals surface area contributed by atoms with E-state index in [2.05, 4.69) is 26.6 Å². The molecule has 2 aliphatic heterocycles. The number of nitrogens with one attached hydrogen (secondary N) is 2. The third-order valence-corrected chi connectivity index (χ3v) is 7.09. The van der Waals surface area contributed by atoms with Crippen molar-refractivity contribution in [3.8, 4) is 0 Å². The predicted octanol–water partition coefficient (Wildman–Crippen LogP) is 4.20. The molecule has 4 rings (SSSR count). The van der Waals surface area contributed by atoms with Crippen LogP contribution in [0.15, 0.2) is 46.9 Å². The van der Waals surface area contributed by atoms with E-state index in [4.69, 9.17) is 4.74 Å². The molecule has 12 heteroatoms. The van der Waals surface area contributed by atoms with Gasteiger partial charge in [0.25, 0.3) is 0 Å². The fourth-order valence-corrected chi connectivity index (χ4v) is 4.84. The van der Waals surface area contributed by atoms with Crippen LogP contribution in [0.4, 0.5) is 29.3 Å². The molecule has 0 spiro atoms. The van der Waals surface area contributed by atoms with Gasteiger partial charge < -0.3 is 25.2 Å². The highest BCUT2D eigenvalue weighted by Gasteiger charge is 2.43. The van der Waals surface area contributed by atoms with Crippen LogP contribution >= 0.6 is 15.9 Å². The van der Waals surface area contributed by atoms with Crippen molar-refractivity contribution in [3.63, 3.8) is 0 Å². The van der Waals surface area contributed by atoms with Crippen LogP contribution in [-0.2, 0) is 27.2 Å². The van der Waals surface area contributed by atoms with Crippen LogP contribution in [0.25, 0.3) is 0 Å². The lowest BCUT2D eigenvalue weighted by atomic mass is 10.0. The maximum absolute atomic E-state index is 13.2. The van der Waals surface area contributed by atoms with Gasteiger partial charge in [0.2, 0.25) is 5.91 Å². The summed E-state index contributed by atoms with van der Waals surface area (Å²) in [6.07, 6.45) is -4.39. The fourth-order valence-electron chi connectivity index (χ4n) is 4.58. The molecule has 2 aromatic carbocycles. The standard InChI is InChI=1S/C25H26BrF3N4O4/c1-37-20-13-21(33(14-20)24(36)31-18-6-3-17(26)4-7-18)22(34)30-19-5-2-15-8-10-32(11-9-16(15)12-19)23(35)25(27,28)29/h2-7,12,20-21H,8-11,13-14H2,1H3,(H,30,34)(H,31,36). The summed E-state index contributed by atoms with van der Waals surface area (Å²) >= 11 is 3.34. The molecular weight excluding hydrogens is 557 g/mol. The van der Waals surface area contributed by atoms with Crippen LogP contribution in [0, 0.1) is 0 Å². The molecule has 1 fully saturated rings. The van der Waals surface area contributed by atoms with E-state index in [-0.39, 0.29) is 38.6 Å². The minimum Gasteiger partial charge on any atom is -0.380 e. The van der Waals surface area contributed by atoms with Crippen LogP contribution in [0.1, 0.15) is 17.5 Å². The third kappa shape index (κ3) is 6.42. The monoisotopic (exact) mass is 582 g/mol. The average molecular weight is 583 g/mol. The maximum Gasteiger partial charge on any atom is 0.471 e. The zero-order valence-corrected chi connectivity index (χ0v) is 21.6. The highest BCUT2D eigenvalue weighted by molar-refractivity contribution is 9.10. The van der Waals surface area contributed by atoms with Crippen LogP contribution in [0.3, 0.4) is 0 Å². The number of hydrogen-bond acceptors (Lipinski definition) is 4. The van der Waals surface area contributed by atoms with E-state index < -0.39 is 30.1 Å². The lowest BCUT2D eigenvalue weighted by Crippen LogP contribution is -2.45. The van der Waals surface area contributed by atoms with E-state index in [1.807, 2.05) is 0 Å². The van der Waals surface area contributed by atoms with Crippen molar-refractivity contribution < 1.29 is 32.3 Å². The Morgan fingerprint density at radius 1 is 0.973 bits per heavy atom. The van der Waals surface area contributed by atoms with Crippen molar-refractivity contribution in [2.75, 3.05) is 37.4 Å². The average Bonchev–Trinajstić information content (AvgIpc) is 3.20. The summed E-state index contributed by atoms with van der Waals surface area (Å²) in [5.74, 6) is -2.24. The summed E-state index contributed by atoms with van der Waals surface area (Å²) in [4.78, 5) is 40.1. The molecule has 1 saturated heterocycles. The predicted molar refractivity (Wildman–Crippen MR) is 134 cm³/mol.